The zero-order valence-corrected chi connectivity index (χ0v) is 31.5. The average molecular weight is 720 g/mol. The molecule has 3 atom stereocenters. The highest BCUT2D eigenvalue weighted by atomic mass is 16.5. The van der Waals surface area contributed by atoms with E-state index in [1.807, 2.05) is 72.8 Å². The maximum Gasteiger partial charge on any atom is 0.310 e. The maximum atomic E-state index is 13.9. The minimum Gasteiger partial charge on any atom is -0.494 e. The number of aliphatic carboxylic acids is 1. The van der Waals surface area contributed by atoms with Gasteiger partial charge < -0.3 is 19.8 Å². The fraction of sp³-hybridized carbons (Fsp3) is 0.432. The summed E-state index contributed by atoms with van der Waals surface area (Å²) in [6.07, 6.45) is 9.02. The van der Waals surface area contributed by atoms with Gasteiger partial charge in [0.15, 0.2) is 11.6 Å². The Hall–Kier alpha value is -4.89. The Labute approximate surface area is 313 Å². The van der Waals surface area contributed by atoms with E-state index in [9.17, 15) is 24.6 Å². The number of likely N-dealkylation sites (tertiary alicyclic amines) is 1. The van der Waals surface area contributed by atoms with Crippen molar-refractivity contribution in [2.24, 2.45) is 11.8 Å². The van der Waals surface area contributed by atoms with Crippen molar-refractivity contribution in [1.29, 1.82) is 0 Å². The number of hydrogen-bond donors (Lipinski definition) is 2. The van der Waals surface area contributed by atoms with E-state index >= 15 is 0 Å². The number of hydrogen-bond acceptors (Lipinski definition) is 7. The molecule has 0 radical (unpaired) electrons. The van der Waals surface area contributed by atoms with Crippen molar-refractivity contribution in [2.75, 3.05) is 19.7 Å². The lowest BCUT2D eigenvalue weighted by Gasteiger charge is -2.36. The lowest BCUT2D eigenvalue weighted by atomic mass is 9.85. The van der Waals surface area contributed by atoms with Crippen LogP contribution in [-0.2, 0) is 21.4 Å². The van der Waals surface area contributed by atoms with E-state index in [1.54, 1.807) is 12.4 Å². The van der Waals surface area contributed by atoms with Gasteiger partial charge in [-0.25, -0.2) is 9.97 Å². The second-order valence-electron chi connectivity index (χ2n) is 15.2. The number of carboxylic acids is 1. The second kappa shape index (κ2) is 18.2. The molecule has 1 aliphatic heterocycles. The summed E-state index contributed by atoms with van der Waals surface area (Å²) >= 11 is 0. The first-order valence-corrected chi connectivity index (χ1v) is 18.9. The van der Waals surface area contributed by atoms with Gasteiger partial charge in [-0.05, 0) is 53.5 Å². The number of carboxylic acid groups (broad SMARTS) is 1. The van der Waals surface area contributed by atoms with Gasteiger partial charge in [-0.1, -0.05) is 114 Å². The largest absolute Gasteiger partial charge is 0.494 e. The van der Waals surface area contributed by atoms with Gasteiger partial charge >= 0.3 is 5.97 Å². The van der Waals surface area contributed by atoms with E-state index in [4.69, 9.17) is 4.74 Å². The molecule has 2 N–H and O–H groups in total. The van der Waals surface area contributed by atoms with Crippen LogP contribution in [0, 0.1) is 11.8 Å². The van der Waals surface area contributed by atoms with E-state index in [1.165, 1.54) is 30.6 Å². The van der Waals surface area contributed by atoms with Gasteiger partial charge in [0.05, 0.1) is 12.7 Å². The zero-order valence-electron chi connectivity index (χ0n) is 31.5. The number of amides is 1. The number of aliphatic hydroxyl groups is 1. The number of aromatic nitrogens is 2. The third-order valence-electron chi connectivity index (χ3n) is 10.1. The quantitative estimate of drug-likeness (QED) is 0.0876. The van der Waals surface area contributed by atoms with Crippen molar-refractivity contribution in [1.82, 2.24) is 14.9 Å². The summed E-state index contributed by atoms with van der Waals surface area (Å²) in [5, 5.41) is 19.9. The number of Topliss-reactive ketones (excluding diaryl/α,β-unsaturated/α-hetero) is 1. The van der Waals surface area contributed by atoms with Crippen LogP contribution in [0.5, 0.6) is 5.75 Å². The molecular formula is C44H53N3O6. The predicted molar refractivity (Wildman–Crippen MR) is 207 cm³/mol. The van der Waals surface area contributed by atoms with Gasteiger partial charge in [0.1, 0.15) is 11.7 Å². The summed E-state index contributed by atoms with van der Waals surface area (Å²) in [6.45, 7) is 9.40. The Kier molecular flexibility index (Phi) is 13.5. The van der Waals surface area contributed by atoms with Crippen LogP contribution in [0.3, 0.4) is 0 Å². The third kappa shape index (κ3) is 10.8. The molecule has 0 spiro atoms. The topological polar surface area (TPSA) is 130 Å². The van der Waals surface area contributed by atoms with Crippen molar-refractivity contribution in [3.63, 3.8) is 0 Å². The Morgan fingerprint density at radius 1 is 0.849 bits per heavy atom. The van der Waals surface area contributed by atoms with Gasteiger partial charge in [-0.2, -0.15) is 0 Å². The number of aliphatic hydroxyl groups excluding tert-OH is 1. The van der Waals surface area contributed by atoms with Crippen molar-refractivity contribution in [3.05, 3.63) is 102 Å². The van der Waals surface area contributed by atoms with Crippen LogP contribution in [0.1, 0.15) is 94.1 Å². The Balaban J connectivity index is 1.25. The maximum absolute atomic E-state index is 13.9. The van der Waals surface area contributed by atoms with Crippen molar-refractivity contribution >= 4 is 17.7 Å². The highest BCUT2D eigenvalue weighted by Crippen LogP contribution is 2.28. The highest BCUT2D eigenvalue weighted by Gasteiger charge is 2.37. The van der Waals surface area contributed by atoms with Gasteiger partial charge in [-0.15, -0.1) is 0 Å². The van der Waals surface area contributed by atoms with Crippen molar-refractivity contribution in [3.8, 4) is 28.3 Å². The van der Waals surface area contributed by atoms with Crippen LogP contribution in [0.25, 0.3) is 22.5 Å². The summed E-state index contributed by atoms with van der Waals surface area (Å²) in [6, 6.07) is 23.1. The minimum absolute atomic E-state index is 0.0248. The Morgan fingerprint density at radius 3 is 2.11 bits per heavy atom. The van der Waals surface area contributed by atoms with Crippen LogP contribution >= 0.6 is 0 Å². The lowest BCUT2D eigenvalue weighted by molar-refractivity contribution is -0.152. The van der Waals surface area contributed by atoms with Crippen LogP contribution in [0.2, 0.25) is 0 Å². The molecule has 1 fully saturated rings. The second-order valence-corrected chi connectivity index (χ2v) is 15.2. The van der Waals surface area contributed by atoms with Crippen LogP contribution in [0.4, 0.5) is 0 Å². The number of carbonyl (C=O) groups is 3. The van der Waals surface area contributed by atoms with Crippen LogP contribution in [0.15, 0.2) is 85.2 Å². The molecule has 0 aliphatic carbocycles. The fourth-order valence-electron chi connectivity index (χ4n) is 6.73. The van der Waals surface area contributed by atoms with Gasteiger partial charge in [0.2, 0.25) is 5.91 Å². The average Bonchev–Trinajstić information content (AvgIpc) is 3.16. The number of ketones is 1. The van der Waals surface area contributed by atoms with Gasteiger partial charge in [-0.3, -0.25) is 14.4 Å². The number of piperidine rings is 1. The molecule has 5 rings (SSSR count). The van der Waals surface area contributed by atoms with E-state index in [0.717, 1.165) is 46.6 Å². The normalized spacial score (nSPS) is 16.6. The summed E-state index contributed by atoms with van der Waals surface area (Å²) in [7, 11) is 0. The first-order valence-electron chi connectivity index (χ1n) is 18.9. The SMILES string of the molecule is CCCCCCCOc1ccc(-c2cnc(-c3ccc(C[C@H](CC(=O)c4ccc(C(C)(C)C)cc4)C(=O)N4CCC(O)C(C(=O)O)C4)cc3)nc2)cc1. The number of rotatable bonds is 16. The van der Waals surface area contributed by atoms with Crippen molar-refractivity contribution < 1.29 is 29.3 Å². The number of unbranched alkanes of at least 4 members (excludes halogenated alkanes) is 4. The molecule has 9 heteroatoms. The molecule has 2 unspecified atom stereocenters. The summed E-state index contributed by atoms with van der Waals surface area (Å²) < 4.78 is 5.90. The molecule has 0 bridgehead atoms. The summed E-state index contributed by atoms with van der Waals surface area (Å²) in [5.41, 5.74) is 5.14. The number of nitrogens with zero attached hydrogens (tertiary/aromatic N) is 3. The minimum atomic E-state index is -1.14. The first-order chi connectivity index (χ1) is 25.4. The van der Waals surface area contributed by atoms with Gasteiger partial charge in [0, 0.05) is 54.5 Å². The molecule has 3 aromatic carbocycles. The molecule has 1 aliphatic rings. The standard InChI is InChI=1S/C44H53N3O6/c1-5-6-7-8-9-24-53-37-20-16-31(17-21-37)35-27-45-41(46-28-35)33-12-10-30(11-13-33)25-34(42(50)47-23-22-39(48)38(29-47)43(51)52)26-40(49)32-14-18-36(19-15-32)44(2,3)4/h10-21,27-28,34,38-39,48H,5-9,22-26,29H2,1-4H3,(H,51,52)/t34-,38?,39?/m1/s1. The van der Waals surface area contributed by atoms with Crippen LogP contribution in [-0.4, -0.2) is 68.5 Å². The monoisotopic (exact) mass is 719 g/mol. The molecule has 4 aromatic rings. The lowest BCUT2D eigenvalue weighted by Crippen LogP contribution is -2.50. The molecule has 0 saturated carbocycles. The summed E-state index contributed by atoms with van der Waals surface area (Å²) in [5.74, 6) is -1.94. The molecule has 1 saturated heterocycles. The van der Waals surface area contributed by atoms with E-state index < -0.39 is 23.9 Å². The highest BCUT2D eigenvalue weighted by molar-refractivity contribution is 5.98. The van der Waals surface area contributed by atoms with Crippen molar-refractivity contribution in [2.45, 2.75) is 90.6 Å². The van der Waals surface area contributed by atoms with Crippen LogP contribution < -0.4 is 4.74 Å². The van der Waals surface area contributed by atoms with E-state index in [2.05, 4.69) is 37.7 Å². The van der Waals surface area contributed by atoms with E-state index in [-0.39, 0.29) is 43.0 Å². The first kappa shape index (κ1) is 39.3. The van der Waals surface area contributed by atoms with Gasteiger partial charge in [0.25, 0.3) is 0 Å². The smallest absolute Gasteiger partial charge is 0.310 e. The number of carbonyl (C=O) groups excluding carboxylic acids is 2. The Bertz CT molecular complexity index is 1800. The number of benzene rings is 3. The molecule has 280 valence electrons. The molecule has 53 heavy (non-hydrogen) atoms. The Morgan fingerprint density at radius 2 is 1.49 bits per heavy atom. The third-order valence-corrected chi connectivity index (χ3v) is 10.1. The molecule has 2 heterocycles. The predicted octanol–water partition coefficient (Wildman–Crippen LogP) is 8.18. The molecule has 9 nitrogen and oxygen atoms in total. The molecule has 1 aromatic heterocycles. The molecule has 1 amide bonds. The van der Waals surface area contributed by atoms with E-state index in [0.29, 0.717) is 17.8 Å². The number of ether oxygens (including phenoxy) is 1. The summed E-state index contributed by atoms with van der Waals surface area (Å²) in [4.78, 5) is 50.0. The molecular weight excluding hydrogens is 666 g/mol. The zero-order chi connectivity index (χ0) is 38.0. The fourth-order valence-corrected chi connectivity index (χ4v) is 6.73.